The summed E-state index contributed by atoms with van der Waals surface area (Å²) in [6.07, 6.45) is -19.8. The third kappa shape index (κ3) is 9.04. The predicted molar refractivity (Wildman–Crippen MR) is 158 cm³/mol. The molecule has 0 saturated carbocycles. The third-order valence-corrected chi connectivity index (χ3v) is 14.5. The van der Waals surface area contributed by atoms with Gasteiger partial charge in [0.15, 0.2) is 0 Å². The minimum Gasteiger partial charge on any atom is -0.166 e. The van der Waals surface area contributed by atoms with Crippen LogP contribution in [0.1, 0.15) is 47.2 Å². The number of hydrogen-bond acceptors (Lipinski definition) is 6. The second-order valence-electron chi connectivity index (χ2n) is 9.08. The largest absolute Gasteiger partial charge is 0.416 e. The molecule has 0 aliphatic carbocycles. The van der Waals surface area contributed by atoms with Crippen molar-refractivity contribution >= 4 is 70.6 Å². The van der Waals surface area contributed by atoms with Crippen molar-refractivity contribution in [2.75, 3.05) is 0 Å². The molecule has 0 N–H and O–H groups in total. The van der Waals surface area contributed by atoms with Crippen molar-refractivity contribution in [1.82, 2.24) is 0 Å². The Morgan fingerprint density at radius 3 is 0.977 bits per heavy atom. The van der Waals surface area contributed by atoms with Crippen LogP contribution in [0, 0.1) is 0 Å². The van der Waals surface area contributed by atoms with E-state index in [4.69, 9.17) is 0 Å². The number of thioether (sulfide) groups is 6. The molecule has 0 atom stereocenters. The van der Waals surface area contributed by atoms with Crippen LogP contribution in [-0.2, 0) is 36.2 Å². The highest BCUT2D eigenvalue weighted by Gasteiger charge is 2.38. The molecule has 4 rings (SSSR count). The lowest BCUT2D eigenvalue weighted by Gasteiger charge is -2.14. The van der Waals surface area contributed by atoms with Crippen LogP contribution >= 0.6 is 70.6 Å². The van der Waals surface area contributed by atoms with Crippen molar-refractivity contribution in [1.29, 1.82) is 0 Å². The summed E-state index contributed by atoms with van der Waals surface area (Å²) < 4.78 is 161. The van der Waals surface area contributed by atoms with Crippen LogP contribution in [-0.4, -0.2) is 0 Å². The van der Waals surface area contributed by atoms with Gasteiger partial charge < -0.3 is 0 Å². The number of hydrogen-bond donors (Lipinski definition) is 0. The zero-order valence-electron chi connectivity index (χ0n) is 21.9. The number of benzene rings is 2. The molecular weight excluding hydrogens is 733 g/mol. The Balaban J connectivity index is 1.43. The van der Waals surface area contributed by atoms with Crippen molar-refractivity contribution < 1.29 is 52.7 Å². The van der Waals surface area contributed by atoms with E-state index in [0.717, 1.165) is 41.8 Å². The molecular formula is C26H16F12S6. The molecule has 2 heterocycles. The summed E-state index contributed by atoms with van der Waals surface area (Å²) in [7, 11) is 0. The van der Waals surface area contributed by atoms with Crippen molar-refractivity contribution in [2.45, 2.75) is 50.1 Å². The molecule has 240 valence electrons. The minimum absolute atomic E-state index is 0.0725. The van der Waals surface area contributed by atoms with E-state index in [1.165, 1.54) is 47.0 Å². The van der Waals surface area contributed by atoms with Gasteiger partial charge >= 0.3 is 24.7 Å². The summed E-state index contributed by atoms with van der Waals surface area (Å²) in [6, 6.07) is 2.89. The van der Waals surface area contributed by atoms with E-state index in [0.29, 0.717) is 32.7 Å². The van der Waals surface area contributed by atoms with Crippen molar-refractivity contribution in [3.8, 4) is 0 Å². The highest BCUT2D eigenvalue weighted by molar-refractivity contribution is 8.40. The minimum atomic E-state index is -4.95. The molecule has 0 saturated heterocycles. The van der Waals surface area contributed by atoms with E-state index in [1.54, 1.807) is 13.8 Å². The zero-order valence-corrected chi connectivity index (χ0v) is 26.8. The van der Waals surface area contributed by atoms with Crippen molar-refractivity contribution in [3.63, 3.8) is 0 Å². The quantitative estimate of drug-likeness (QED) is 0.268. The second-order valence-corrected chi connectivity index (χ2v) is 16.6. The highest BCUT2D eigenvalue weighted by Crippen LogP contribution is 2.63. The Hall–Kier alpha value is -1.08. The van der Waals surface area contributed by atoms with Crippen LogP contribution < -0.4 is 0 Å². The Kier molecular flexibility index (Phi) is 10.7. The Labute approximate surface area is 268 Å². The normalized spacial score (nSPS) is 18.7. The summed E-state index contributed by atoms with van der Waals surface area (Å²) in [6.45, 7) is 3.51. The summed E-state index contributed by atoms with van der Waals surface area (Å²) in [4.78, 5) is 1.57. The maximum atomic E-state index is 13.2. The topological polar surface area (TPSA) is 0 Å². The first-order chi connectivity index (χ1) is 20.1. The Morgan fingerprint density at radius 2 is 0.727 bits per heavy atom. The van der Waals surface area contributed by atoms with Gasteiger partial charge in [-0.3, -0.25) is 0 Å². The molecule has 0 spiro atoms. The van der Waals surface area contributed by atoms with Gasteiger partial charge in [0.25, 0.3) is 0 Å². The Bertz CT molecular complexity index is 1350. The van der Waals surface area contributed by atoms with Gasteiger partial charge in [0, 0.05) is 21.3 Å². The van der Waals surface area contributed by atoms with Crippen LogP contribution in [0.15, 0.2) is 63.2 Å². The molecule has 0 fully saturated rings. The molecule has 2 aliphatic heterocycles. The fraction of sp³-hybridized carbons (Fsp3) is 0.308. The Morgan fingerprint density at radius 1 is 0.455 bits per heavy atom. The average Bonchev–Trinajstić information content (AvgIpc) is 3.45. The predicted octanol–water partition coefficient (Wildman–Crippen LogP) is 13.4. The van der Waals surface area contributed by atoms with Crippen LogP contribution in [0.25, 0.3) is 0 Å². The molecule has 0 nitrogen and oxygen atoms in total. The maximum absolute atomic E-state index is 13.2. The van der Waals surface area contributed by atoms with Gasteiger partial charge in [-0.1, -0.05) is 47.0 Å². The summed E-state index contributed by atoms with van der Waals surface area (Å²) >= 11 is 7.50. The molecule has 2 aliphatic rings. The number of rotatable bonds is 6. The van der Waals surface area contributed by atoms with Gasteiger partial charge in [0.05, 0.1) is 39.2 Å². The maximum Gasteiger partial charge on any atom is 0.416 e. The summed E-state index contributed by atoms with van der Waals surface area (Å²) in [5.74, 6) is -0.295. The molecule has 0 unspecified atom stereocenters. The molecule has 0 amide bonds. The van der Waals surface area contributed by atoms with E-state index in [2.05, 4.69) is 0 Å². The van der Waals surface area contributed by atoms with Crippen LogP contribution in [0.5, 0.6) is 0 Å². The van der Waals surface area contributed by atoms with Crippen LogP contribution in [0.4, 0.5) is 52.7 Å². The summed E-state index contributed by atoms with van der Waals surface area (Å²) in [5, 5.41) is 0. The first kappa shape index (κ1) is 35.8. The van der Waals surface area contributed by atoms with Crippen LogP contribution in [0.3, 0.4) is 0 Å². The second kappa shape index (κ2) is 13.2. The van der Waals surface area contributed by atoms with Crippen LogP contribution in [0.2, 0.25) is 0 Å². The average molecular weight is 749 g/mol. The van der Waals surface area contributed by atoms with Crippen molar-refractivity contribution in [3.05, 3.63) is 96.5 Å². The summed E-state index contributed by atoms with van der Waals surface area (Å²) in [5.41, 5.74) is -5.86. The van der Waals surface area contributed by atoms with Gasteiger partial charge in [-0.2, -0.15) is 52.7 Å². The lowest BCUT2D eigenvalue weighted by Crippen LogP contribution is -2.11. The van der Waals surface area contributed by atoms with E-state index in [-0.39, 0.29) is 34.8 Å². The number of allylic oxidation sites excluding steroid dienone is 2. The van der Waals surface area contributed by atoms with Gasteiger partial charge in [-0.25, -0.2) is 0 Å². The SMILES string of the molecule is CC1=C(SCc2cc(C(F)(F)F)cc(C(F)(F)F)c2)S/C(=C2\SC(C)=C(SCc3cc(C(F)(F)F)cc(C(F)(F)F)c3)S2)S1. The van der Waals surface area contributed by atoms with E-state index < -0.39 is 47.0 Å². The van der Waals surface area contributed by atoms with Crippen molar-refractivity contribution in [2.24, 2.45) is 0 Å². The molecule has 2 aromatic rings. The monoisotopic (exact) mass is 748 g/mol. The fourth-order valence-corrected chi connectivity index (χ4v) is 12.0. The van der Waals surface area contributed by atoms with Gasteiger partial charge in [0.1, 0.15) is 0 Å². The molecule has 0 radical (unpaired) electrons. The first-order valence-electron chi connectivity index (χ1n) is 11.8. The standard InChI is InChI=1S/C26H16F12S6/c1-11-19(39-9-13-3-15(23(27,28)29)7-16(4-13)24(30,31)32)43-21(41-11)22-42-12(2)20(44-22)40-10-14-5-17(25(33,34)35)8-18(6-14)26(36,37)38/h3-8H,9-10H2,1-2H3/b22-21+. The number of alkyl halides is 12. The molecule has 44 heavy (non-hydrogen) atoms. The first-order valence-corrected chi connectivity index (χ1v) is 17.0. The third-order valence-electron chi connectivity index (χ3n) is 5.64. The fourth-order valence-electron chi connectivity index (χ4n) is 3.65. The smallest absolute Gasteiger partial charge is 0.166 e. The zero-order chi connectivity index (χ0) is 32.8. The lowest BCUT2D eigenvalue weighted by molar-refractivity contribution is -0.144. The van der Waals surface area contributed by atoms with Gasteiger partial charge in [-0.05, 0) is 61.4 Å². The lowest BCUT2D eigenvalue weighted by atomic mass is 10.1. The van der Waals surface area contributed by atoms with E-state index in [9.17, 15) is 52.7 Å². The van der Waals surface area contributed by atoms with E-state index >= 15 is 0 Å². The number of halogens is 12. The molecule has 0 aromatic heterocycles. The highest BCUT2D eigenvalue weighted by atomic mass is 32.2. The molecule has 0 bridgehead atoms. The van der Waals surface area contributed by atoms with Gasteiger partial charge in [0.2, 0.25) is 0 Å². The van der Waals surface area contributed by atoms with Gasteiger partial charge in [-0.15, -0.1) is 23.5 Å². The molecule has 2 aromatic carbocycles. The van der Waals surface area contributed by atoms with E-state index in [1.807, 2.05) is 0 Å². The molecule has 18 heteroatoms.